The van der Waals surface area contributed by atoms with Gasteiger partial charge in [-0.2, -0.15) is 4.39 Å². The zero-order chi connectivity index (χ0) is 10.9. The van der Waals surface area contributed by atoms with Crippen molar-refractivity contribution in [2.45, 2.75) is 0 Å². The van der Waals surface area contributed by atoms with E-state index in [4.69, 9.17) is 10.8 Å². The van der Waals surface area contributed by atoms with Crippen LogP contribution in [0.4, 0.5) is 4.39 Å². The third kappa shape index (κ3) is 1.71. The van der Waals surface area contributed by atoms with Gasteiger partial charge < -0.3 is 15.9 Å². The van der Waals surface area contributed by atoms with Crippen LogP contribution in [0.25, 0.3) is 0 Å². The van der Waals surface area contributed by atoms with E-state index in [9.17, 15) is 14.3 Å². The van der Waals surface area contributed by atoms with Gasteiger partial charge in [-0.15, -0.1) is 0 Å². The van der Waals surface area contributed by atoms with Gasteiger partial charge in [-0.25, -0.2) is 0 Å². The van der Waals surface area contributed by atoms with Crippen molar-refractivity contribution in [3.05, 3.63) is 21.9 Å². The number of phenols is 2. The third-order valence-electron chi connectivity index (χ3n) is 1.65. The molecule has 1 rings (SSSR count). The molecule has 0 saturated carbocycles. The van der Waals surface area contributed by atoms with Gasteiger partial charge in [-0.1, -0.05) is 0 Å². The minimum absolute atomic E-state index is 0.00963. The molecule has 0 bridgehead atoms. The Kier molecular flexibility index (Phi) is 3.07. The summed E-state index contributed by atoms with van der Waals surface area (Å²) in [6.45, 7) is -0.343. The standard InChI is InChI=1S/C8H7BrFNO3/c9-4-1-3(5(12)2-11)7(13)6(10)8(4)14/h1,13-14H,2,11H2. The third-order valence-corrected chi connectivity index (χ3v) is 2.26. The first kappa shape index (κ1) is 10.9. The molecule has 0 atom stereocenters. The number of aromatic hydroxyl groups is 2. The highest BCUT2D eigenvalue weighted by Gasteiger charge is 2.19. The highest BCUT2D eigenvalue weighted by molar-refractivity contribution is 9.10. The first-order chi connectivity index (χ1) is 6.49. The van der Waals surface area contributed by atoms with Gasteiger partial charge in [-0.05, 0) is 22.0 Å². The molecule has 6 heteroatoms. The summed E-state index contributed by atoms with van der Waals surface area (Å²) >= 11 is 2.83. The lowest BCUT2D eigenvalue weighted by Crippen LogP contribution is -2.14. The maximum absolute atomic E-state index is 13.0. The topological polar surface area (TPSA) is 83.6 Å². The molecule has 0 saturated heterocycles. The molecule has 1 aromatic rings. The van der Waals surface area contributed by atoms with Crippen molar-refractivity contribution in [2.75, 3.05) is 6.54 Å². The molecule has 0 fully saturated rings. The number of halogens is 2. The van der Waals surface area contributed by atoms with Crippen LogP contribution >= 0.6 is 15.9 Å². The Labute approximate surface area is 87.3 Å². The van der Waals surface area contributed by atoms with Crippen LogP contribution in [-0.2, 0) is 0 Å². The van der Waals surface area contributed by atoms with Gasteiger partial charge in [0.25, 0.3) is 0 Å². The number of Topliss-reactive ketones (excluding diaryl/α,β-unsaturated/α-hetero) is 1. The summed E-state index contributed by atoms with van der Waals surface area (Å²) in [6, 6.07) is 1.11. The molecule has 1 aromatic carbocycles. The fourth-order valence-corrected chi connectivity index (χ4v) is 1.32. The Bertz CT molecular complexity index is 395. The van der Waals surface area contributed by atoms with Crippen molar-refractivity contribution in [1.82, 2.24) is 0 Å². The second-order valence-electron chi connectivity index (χ2n) is 2.54. The molecule has 4 nitrogen and oxygen atoms in total. The highest BCUT2D eigenvalue weighted by atomic mass is 79.9. The molecular formula is C8H7BrFNO3. The maximum atomic E-state index is 13.0. The molecule has 76 valence electrons. The average molecular weight is 264 g/mol. The molecule has 0 aromatic heterocycles. The number of carbonyl (C=O) groups excluding carboxylic acids is 1. The monoisotopic (exact) mass is 263 g/mol. The van der Waals surface area contributed by atoms with Gasteiger partial charge in [0.2, 0.25) is 5.82 Å². The number of phenolic OH excluding ortho intramolecular Hbond substituents is 2. The molecule has 4 N–H and O–H groups in total. The Morgan fingerprint density at radius 1 is 1.50 bits per heavy atom. The van der Waals surface area contributed by atoms with E-state index in [1.165, 1.54) is 0 Å². The van der Waals surface area contributed by atoms with Gasteiger partial charge in [0.1, 0.15) is 0 Å². The van der Waals surface area contributed by atoms with Crippen LogP contribution in [0.5, 0.6) is 11.5 Å². The van der Waals surface area contributed by atoms with Crippen LogP contribution in [0.15, 0.2) is 10.5 Å². The number of carbonyl (C=O) groups is 1. The lowest BCUT2D eigenvalue weighted by Gasteiger charge is -2.06. The summed E-state index contributed by atoms with van der Waals surface area (Å²) in [7, 11) is 0. The van der Waals surface area contributed by atoms with E-state index >= 15 is 0 Å². The number of ketones is 1. The lowest BCUT2D eigenvalue weighted by molar-refractivity contribution is 0.0998. The summed E-state index contributed by atoms with van der Waals surface area (Å²) in [5.41, 5.74) is 4.80. The highest BCUT2D eigenvalue weighted by Crippen LogP contribution is 2.35. The number of hydrogen-bond acceptors (Lipinski definition) is 4. The van der Waals surface area contributed by atoms with Gasteiger partial charge in [0, 0.05) is 0 Å². The molecular weight excluding hydrogens is 257 g/mol. The van der Waals surface area contributed by atoms with E-state index < -0.39 is 23.1 Å². The molecule has 0 aliphatic heterocycles. The van der Waals surface area contributed by atoms with E-state index in [0.717, 1.165) is 6.07 Å². The Morgan fingerprint density at radius 2 is 2.07 bits per heavy atom. The second kappa shape index (κ2) is 3.93. The van der Waals surface area contributed by atoms with E-state index in [0.29, 0.717) is 0 Å². The molecule has 0 radical (unpaired) electrons. The van der Waals surface area contributed by atoms with E-state index in [-0.39, 0.29) is 16.6 Å². The summed E-state index contributed by atoms with van der Waals surface area (Å²) in [4.78, 5) is 11.1. The number of nitrogens with two attached hydrogens (primary N) is 1. The van der Waals surface area contributed by atoms with Crippen LogP contribution in [0.3, 0.4) is 0 Å². The molecule has 0 unspecified atom stereocenters. The minimum atomic E-state index is -1.24. The SMILES string of the molecule is NCC(=O)c1cc(Br)c(O)c(F)c1O. The Balaban J connectivity index is 3.40. The minimum Gasteiger partial charge on any atom is -0.504 e. The molecule has 14 heavy (non-hydrogen) atoms. The zero-order valence-electron chi connectivity index (χ0n) is 6.92. The van der Waals surface area contributed by atoms with Crippen molar-refractivity contribution in [3.8, 4) is 11.5 Å². The largest absolute Gasteiger partial charge is 0.504 e. The quantitative estimate of drug-likeness (QED) is 0.699. The van der Waals surface area contributed by atoms with Crippen LogP contribution in [0.1, 0.15) is 10.4 Å². The molecule has 0 amide bonds. The van der Waals surface area contributed by atoms with Crippen molar-refractivity contribution < 1.29 is 19.4 Å². The van der Waals surface area contributed by atoms with Crippen molar-refractivity contribution in [2.24, 2.45) is 5.73 Å². The summed E-state index contributed by atoms with van der Waals surface area (Å²) in [5, 5.41) is 18.2. The summed E-state index contributed by atoms with van der Waals surface area (Å²) in [6.07, 6.45) is 0. The van der Waals surface area contributed by atoms with E-state index in [2.05, 4.69) is 15.9 Å². The van der Waals surface area contributed by atoms with Crippen LogP contribution < -0.4 is 5.73 Å². The lowest BCUT2D eigenvalue weighted by atomic mass is 10.1. The van der Waals surface area contributed by atoms with E-state index in [1.807, 2.05) is 0 Å². The van der Waals surface area contributed by atoms with Crippen molar-refractivity contribution >= 4 is 21.7 Å². The summed E-state index contributed by atoms with van der Waals surface area (Å²) < 4.78 is 13.0. The van der Waals surface area contributed by atoms with Crippen molar-refractivity contribution in [1.29, 1.82) is 0 Å². The Hall–Kier alpha value is -1.14. The van der Waals surface area contributed by atoms with Gasteiger partial charge in [-0.3, -0.25) is 4.79 Å². The maximum Gasteiger partial charge on any atom is 0.208 e. The van der Waals surface area contributed by atoms with Crippen LogP contribution in [0, 0.1) is 5.82 Å². The summed E-state index contributed by atoms with van der Waals surface area (Å²) in [5.74, 6) is -3.48. The Morgan fingerprint density at radius 3 is 2.57 bits per heavy atom. The predicted molar refractivity (Wildman–Crippen MR) is 50.8 cm³/mol. The molecule has 0 heterocycles. The molecule has 0 aliphatic carbocycles. The number of hydrogen-bond donors (Lipinski definition) is 3. The smallest absolute Gasteiger partial charge is 0.208 e. The predicted octanol–water partition coefficient (Wildman–Crippen LogP) is 1.14. The zero-order valence-corrected chi connectivity index (χ0v) is 8.51. The van der Waals surface area contributed by atoms with E-state index in [1.54, 1.807) is 0 Å². The average Bonchev–Trinajstić information content (AvgIpc) is 2.19. The number of benzene rings is 1. The fraction of sp³-hybridized carbons (Fsp3) is 0.125. The molecule has 0 spiro atoms. The van der Waals surface area contributed by atoms with Gasteiger partial charge in [0.15, 0.2) is 17.3 Å². The van der Waals surface area contributed by atoms with Crippen molar-refractivity contribution in [3.63, 3.8) is 0 Å². The first-order valence-corrected chi connectivity index (χ1v) is 4.41. The number of rotatable bonds is 2. The second-order valence-corrected chi connectivity index (χ2v) is 3.40. The van der Waals surface area contributed by atoms with Gasteiger partial charge in [0.05, 0.1) is 16.6 Å². The van der Waals surface area contributed by atoms with Gasteiger partial charge >= 0.3 is 0 Å². The molecule has 0 aliphatic rings. The fourth-order valence-electron chi connectivity index (χ4n) is 0.921. The normalized spacial score (nSPS) is 10.2. The first-order valence-electron chi connectivity index (χ1n) is 3.62. The van der Waals surface area contributed by atoms with Crippen LogP contribution in [0.2, 0.25) is 0 Å². The van der Waals surface area contributed by atoms with Crippen LogP contribution in [-0.4, -0.2) is 22.5 Å².